The highest BCUT2D eigenvalue weighted by molar-refractivity contribution is 6.31. The molecule has 0 spiro atoms. The second-order valence-electron chi connectivity index (χ2n) is 7.76. The summed E-state index contributed by atoms with van der Waals surface area (Å²) >= 11 is 6.15. The van der Waals surface area contributed by atoms with Crippen LogP contribution >= 0.6 is 11.6 Å². The van der Waals surface area contributed by atoms with E-state index in [4.69, 9.17) is 16.3 Å². The molecule has 0 saturated carbocycles. The largest absolute Gasteiger partial charge is 0.463 e. The lowest BCUT2D eigenvalue weighted by Crippen LogP contribution is -2.45. The van der Waals surface area contributed by atoms with Crippen molar-refractivity contribution in [3.63, 3.8) is 0 Å². The molecule has 0 aliphatic heterocycles. The van der Waals surface area contributed by atoms with Gasteiger partial charge in [-0.2, -0.15) is 0 Å². The molecule has 0 bridgehead atoms. The van der Waals surface area contributed by atoms with Crippen LogP contribution < -0.4 is 5.32 Å². The fraction of sp³-hybridized carbons (Fsp3) is 0.320. The van der Waals surface area contributed by atoms with Crippen molar-refractivity contribution in [2.24, 2.45) is 0 Å². The van der Waals surface area contributed by atoms with Gasteiger partial charge in [0.2, 0.25) is 0 Å². The van der Waals surface area contributed by atoms with E-state index >= 15 is 0 Å². The molecule has 0 unspecified atom stereocenters. The molecular formula is C25H28ClN3O4. The maximum Gasteiger partial charge on any atom is 0.317 e. The second-order valence-corrected chi connectivity index (χ2v) is 8.17. The van der Waals surface area contributed by atoms with Crippen molar-refractivity contribution in [3.8, 4) is 0 Å². The fourth-order valence-corrected chi connectivity index (χ4v) is 3.64. The number of nitrogens with one attached hydrogen (secondary N) is 1. The third kappa shape index (κ3) is 7.17. The maximum atomic E-state index is 12.7. The number of benzene rings is 2. The Morgan fingerprint density at radius 1 is 1.15 bits per heavy atom. The van der Waals surface area contributed by atoms with Crippen LogP contribution in [0.4, 0.5) is 4.79 Å². The van der Waals surface area contributed by atoms with E-state index in [2.05, 4.69) is 10.3 Å². The van der Waals surface area contributed by atoms with Crippen LogP contribution in [0.15, 0.2) is 60.8 Å². The van der Waals surface area contributed by atoms with Crippen molar-refractivity contribution in [3.05, 3.63) is 77.1 Å². The van der Waals surface area contributed by atoms with Crippen molar-refractivity contribution in [2.45, 2.75) is 31.8 Å². The first kappa shape index (κ1) is 24.5. The molecular weight excluding hydrogens is 442 g/mol. The molecule has 2 aromatic carbocycles. The average Bonchev–Trinajstić information content (AvgIpc) is 2.83. The zero-order chi connectivity index (χ0) is 23.6. The van der Waals surface area contributed by atoms with Gasteiger partial charge in [0.1, 0.15) is 6.61 Å². The zero-order valence-corrected chi connectivity index (χ0v) is 19.3. The van der Waals surface area contributed by atoms with Gasteiger partial charge >= 0.3 is 12.0 Å². The maximum absolute atomic E-state index is 12.7. The standard InChI is InChI=1S/C25H28ClN3O4/c1-29(25(32)28-16-20-9-4-5-11-23(20)26)22(10-6-12-30)17-33-24(31)14-21-13-18-7-2-3-8-19(18)15-27-21/h2-5,7-9,11,13,15,22,30H,6,10,12,14,16-17H2,1H3,(H,28,32)/t22-/m0/s1. The molecule has 0 fully saturated rings. The summed E-state index contributed by atoms with van der Waals surface area (Å²) in [5.74, 6) is -0.420. The summed E-state index contributed by atoms with van der Waals surface area (Å²) < 4.78 is 5.47. The van der Waals surface area contributed by atoms with E-state index in [1.807, 2.05) is 48.5 Å². The number of ether oxygens (including phenoxy) is 1. The number of aromatic nitrogens is 1. The molecule has 0 aliphatic carbocycles. The number of hydrogen-bond donors (Lipinski definition) is 2. The van der Waals surface area contributed by atoms with E-state index in [0.29, 0.717) is 23.6 Å². The smallest absolute Gasteiger partial charge is 0.317 e. The van der Waals surface area contributed by atoms with E-state index in [0.717, 1.165) is 16.3 Å². The Hall–Kier alpha value is -3.16. The Morgan fingerprint density at radius 2 is 1.88 bits per heavy atom. The van der Waals surface area contributed by atoms with Crippen LogP contribution in [-0.2, 0) is 22.5 Å². The lowest BCUT2D eigenvalue weighted by molar-refractivity contribution is -0.144. The Bertz CT molecular complexity index is 1090. The van der Waals surface area contributed by atoms with Gasteiger partial charge < -0.3 is 20.1 Å². The highest BCUT2D eigenvalue weighted by Crippen LogP contribution is 2.16. The first-order chi connectivity index (χ1) is 16.0. The number of carbonyl (C=O) groups excluding carboxylic acids is 2. The van der Waals surface area contributed by atoms with Gasteiger partial charge in [-0.05, 0) is 35.9 Å². The van der Waals surface area contributed by atoms with Crippen LogP contribution in [0.3, 0.4) is 0 Å². The minimum absolute atomic E-state index is 0.0134. The predicted molar refractivity (Wildman–Crippen MR) is 128 cm³/mol. The van der Waals surface area contributed by atoms with Gasteiger partial charge in [0.05, 0.1) is 18.2 Å². The molecule has 2 amide bonds. The van der Waals surface area contributed by atoms with Crippen molar-refractivity contribution in [1.82, 2.24) is 15.2 Å². The van der Waals surface area contributed by atoms with Gasteiger partial charge in [-0.25, -0.2) is 4.79 Å². The molecule has 1 aromatic heterocycles. The molecule has 3 rings (SSSR count). The van der Waals surface area contributed by atoms with Crippen LogP contribution in [0.5, 0.6) is 0 Å². The predicted octanol–water partition coefficient (Wildman–Crippen LogP) is 3.96. The number of likely N-dealkylation sites (N-methyl/N-ethyl adjacent to an activating group) is 1. The number of amides is 2. The molecule has 3 aromatic rings. The molecule has 7 nitrogen and oxygen atoms in total. The number of esters is 1. The number of aliphatic hydroxyl groups excluding tert-OH is 1. The van der Waals surface area contributed by atoms with Gasteiger partial charge in [0, 0.05) is 36.8 Å². The van der Waals surface area contributed by atoms with Crippen molar-refractivity contribution in [1.29, 1.82) is 0 Å². The van der Waals surface area contributed by atoms with Crippen LogP contribution in [-0.4, -0.2) is 53.3 Å². The van der Waals surface area contributed by atoms with Crippen molar-refractivity contribution in [2.75, 3.05) is 20.3 Å². The van der Waals surface area contributed by atoms with E-state index in [9.17, 15) is 14.7 Å². The van der Waals surface area contributed by atoms with Crippen LogP contribution in [0.2, 0.25) is 5.02 Å². The monoisotopic (exact) mass is 469 g/mol. The van der Waals surface area contributed by atoms with Crippen LogP contribution in [0.25, 0.3) is 10.8 Å². The normalized spacial score (nSPS) is 11.7. The topological polar surface area (TPSA) is 91.8 Å². The number of rotatable bonds is 10. The quantitative estimate of drug-likeness (QED) is 0.438. The molecule has 174 valence electrons. The van der Waals surface area contributed by atoms with E-state index in [-0.39, 0.29) is 38.3 Å². The third-order valence-electron chi connectivity index (χ3n) is 5.40. The van der Waals surface area contributed by atoms with Crippen LogP contribution in [0, 0.1) is 0 Å². The summed E-state index contributed by atoms with van der Waals surface area (Å²) in [6.45, 7) is 0.298. The van der Waals surface area contributed by atoms with Crippen molar-refractivity contribution < 1.29 is 19.4 Å². The lowest BCUT2D eigenvalue weighted by Gasteiger charge is -2.28. The van der Waals surface area contributed by atoms with Crippen LogP contribution in [0.1, 0.15) is 24.1 Å². The van der Waals surface area contributed by atoms with E-state index < -0.39 is 5.97 Å². The molecule has 0 saturated heterocycles. The van der Waals surface area contributed by atoms with E-state index in [1.54, 1.807) is 19.3 Å². The fourth-order valence-electron chi connectivity index (χ4n) is 3.43. The molecule has 0 aliphatic rings. The Balaban J connectivity index is 1.55. The SMILES string of the molecule is CN(C(=O)NCc1ccccc1Cl)[C@@H](CCCO)COC(=O)Cc1cc2ccccc2cn1. The number of halogens is 1. The molecule has 1 heterocycles. The van der Waals surface area contributed by atoms with Gasteiger partial charge in [-0.15, -0.1) is 0 Å². The number of fused-ring (bicyclic) bond motifs is 1. The van der Waals surface area contributed by atoms with Gasteiger partial charge in [-0.1, -0.05) is 54.1 Å². The summed E-state index contributed by atoms with van der Waals surface area (Å²) in [7, 11) is 1.64. The first-order valence-electron chi connectivity index (χ1n) is 10.8. The highest BCUT2D eigenvalue weighted by atomic mass is 35.5. The van der Waals surface area contributed by atoms with E-state index in [1.165, 1.54) is 4.90 Å². The molecule has 0 radical (unpaired) electrons. The van der Waals surface area contributed by atoms with Gasteiger partial charge in [0.25, 0.3) is 0 Å². The molecule has 8 heteroatoms. The van der Waals surface area contributed by atoms with Gasteiger partial charge in [0.15, 0.2) is 0 Å². The molecule has 1 atom stereocenters. The Labute approximate surface area is 198 Å². The summed E-state index contributed by atoms with van der Waals surface area (Å²) in [4.78, 5) is 30.9. The summed E-state index contributed by atoms with van der Waals surface area (Å²) in [6.07, 6.45) is 2.75. The number of aliphatic hydroxyl groups is 1. The average molecular weight is 470 g/mol. The Kier molecular flexibility index (Phi) is 9.04. The number of carbonyl (C=O) groups is 2. The zero-order valence-electron chi connectivity index (χ0n) is 18.5. The highest BCUT2D eigenvalue weighted by Gasteiger charge is 2.22. The number of hydrogen-bond acceptors (Lipinski definition) is 5. The molecule has 2 N–H and O–H groups in total. The molecule has 33 heavy (non-hydrogen) atoms. The van der Waals surface area contributed by atoms with Gasteiger partial charge in [-0.3, -0.25) is 9.78 Å². The lowest BCUT2D eigenvalue weighted by atomic mass is 10.1. The summed E-state index contributed by atoms with van der Waals surface area (Å²) in [5.41, 5.74) is 1.43. The number of pyridine rings is 1. The number of urea groups is 1. The second kappa shape index (κ2) is 12.2. The first-order valence-corrected chi connectivity index (χ1v) is 11.2. The third-order valence-corrected chi connectivity index (χ3v) is 5.77. The summed E-state index contributed by atoms with van der Waals surface area (Å²) in [6, 6.07) is 16.3. The minimum Gasteiger partial charge on any atom is -0.463 e. The Morgan fingerprint density at radius 3 is 2.64 bits per heavy atom. The number of nitrogens with zero attached hydrogens (tertiary/aromatic N) is 2. The van der Waals surface area contributed by atoms with Crippen molar-refractivity contribution >= 4 is 34.4 Å². The minimum atomic E-state index is -0.420. The summed E-state index contributed by atoms with van der Waals surface area (Å²) in [5, 5.41) is 14.6.